The highest BCUT2D eigenvalue weighted by Crippen LogP contribution is 2.46. The molecule has 0 bridgehead atoms. The van der Waals surface area contributed by atoms with E-state index >= 15 is 0 Å². The molecule has 180 valence electrons. The zero-order chi connectivity index (χ0) is 24.5. The van der Waals surface area contributed by atoms with Crippen LogP contribution >= 0.6 is 0 Å². The van der Waals surface area contributed by atoms with E-state index in [2.05, 4.69) is 11.0 Å². The topological polar surface area (TPSA) is 96.4 Å². The van der Waals surface area contributed by atoms with Crippen molar-refractivity contribution in [3.8, 4) is 17.2 Å². The molecule has 1 amide bonds. The van der Waals surface area contributed by atoms with Crippen molar-refractivity contribution in [1.82, 2.24) is 9.88 Å². The van der Waals surface area contributed by atoms with Gasteiger partial charge >= 0.3 is 0 Å². The number of anilines is 1. The van der Waals surface area contributed by atoms with Gasteiger partial charge in [-0.05, 0) is 37.5 Å². The van der Waals surface area contributed by atoms with E-state index in [0.717, 1.165) is 45.2 Å². The lowest BCUT2D eigenvalue weighted by Crippen LogP contribution is -2.54. The number of fused-ring (bicyclic) bond motifs is 1. The van der Waals surface area contributed by atoms with Gasteiger partial charge in [0.2, 0.25) is 5.91 Å². The minimum absolute atomic E-state index is 0.0161. The smallest absolute Gasteiger partial charge is 0.225 e. The van der Waals surface area contributed by atoms with Gasteiger partial charge in [-0.3, -0.25) is 4.79 Å². The molecule has 0 spiro atoms. The summed E-state index contributed by atoms with van der Waals surface area (Å²) < 4.78 is 5.86. The maximum absolute atomic E-state index is 12.6. The van der Waals surface area contributed by atoms with Gasteiger partial charge in [-0.15, -0.1) is 0 Å². The van der Waals surface area contributed by atoms with Crippen molar-refractivity contribution in [3.05, 3.63) is 59.2 Å². The van der Waals surface area contributed by atoms with Crippen molar-refractivity contribution >= 4 is 22.5 Å². The largest absolute Gasteiger partial charge is 0.619 e. The van der Waals surface area contributed by atoms with Crippen LogP contribution in [-0.2, 0) is 9.53 Å². The Kier molecular flexibility index (Phi) is 6.27. The lowest BCUT2D eigenvalue weighted by atomic mass is 9.95. The first-order valence-electron chi connectivity index (χ1n) is 12.1. The van der Waals surface area contributed by atoms with Gasteiger partial charge in [-0.2, -0.15) is 9.99 Å². The van der Waals surface area contributed by atoms with Crippen LogP contribution in [0.2, 0.25) is 0 Å². The first-order valence-corrected chi connectivity index (χ1v) is 12.1. The molecule has 0 radical (unpaired) electrons. The molecule has 3 heterocycles. The zero-order valence-corrected chi connectivity index (χ0v) is 20.1. The molecule has 35 heavy (non-hydrogen) atoms. The SMILES string of the molecule is COCCC(=O)N1CCN(c2nc(C3CC3)c(-c3cccc4c[n+]([O-])ccc34)cc2C#N)C[C@H]1C. The summed E-state index contributed by atoms with van der Waals surface area (Å²) in [6.07, 6.45) is 5.60. The van der Waals surface area contributed by atoms with Gasteiger partial charge in [-0.1, -0.05) is 12.1 Å². The number of rotatable bonds is 6. The normalized spacial score (nSPS) is 18.0. The second kappa shape index (κ2) is 9.51. The summed E-state index contributed by atoms with van der Waals surface area (Å²) in [6, 6.07) is 12.1. The van der Waals surface area contributed by atoms with E-state index < -0.39 is 0 Å². The molecule has 0 unspecified atom stereocenters. The van der Waals surface area contributed by atoms with Crippen LogP contribution in [0, 0.1) is 16.5 Å². The van der Waals surface area contributed by atoms with Crippen molar-refractivity contribution in [2.45, 2.75) is 38.1 Å². The molecule has 0 N–H and O–H groups in total. The lowest BCUT2D eigenvalue weighted by Gasteiger charge is -2.41. The summed E-state index contributed by atoms with van der Waals surface area (Å²) in [7, 11) is 1.60. The van der Waals surface area contributed by atoms with Gasteiger partial charge < -0.3 is 19.7 Å². The van der Waals surface area contributed by atoms with E-state index in [1.807, 2.05) is 42.2 Å². The Hall–Kier alpha value is -3.70. The van der Waals surface area contributed by atoms with E-state index in [1.54, 1.807) is 13.3 Å². The molecule has 5 rings (SSSR count). The molecule has 1 aromatic carbocycles. The number of ether oxygens (including phenoxy) is 1. The van der Waals surface area contributed by atoms with Gasteiger partial charge in [0.05, 0.1) is 24.3 Å². The number of benzene rings is 1. The van der Waals surface area contributed by atoms with Gasteiger partial charge in [0, 0.05) is 61.1 Å². The quantitative estimate of drug-likeness (QED) is 0.404. The molecule has 1 saturated carbocycles. The maximum Gasteiger partial charge on any atom is 0.225 e. The Morgan fingerprint density at radius 1 is 1.29 bits per heavy atom. The van der Waals surface area contributed by atoms with Crippen LogP contribution in [0.3, 0.4) is 0 Å². The minimum atomic E-state index is 0.0161. The first-order chi connectivity index (χ1) is 17.0. The van der Waals surface area contributed by atoms with E-state index in [1.165, 1.54) is 6.20 Å². The van der Waals surface area contributed by atoms with Crippen molar-refractivity contribution in [2.24, 2.45) is 0 Å². The third kappa shape index (κ3) is 4.52. The summed E-state index contributed by atoms with van der Waals surface area (Å²) in [5, 5.41) is 23.7. The van der Waals surface area contributed by atoms with Crippen LogP contribution in [0.15, 0.2) is 42.7 Å². The van der Waals surface area contributed by atoms with Gasteiger partial charge in [0.1, 0.15) is 11.9 Å². The van der Waals surface area contributed by atoms with Crippen molar-refractivity contribution < 1.29 is 14.3 Å². The molecular weight excluding hydrogens is 442 g/mol. The molecular formula is C27H29N5O3. The van der Waals surface area contributed by atoms with Gasteiger partial charge in [0.15, 0.2) is 12.4 Å². The highest BCUT2D eigenvalue weighted by molar-refractivity contribution is 5.97. The van der Waals surface area contributed by atoms with Gasteiger partial charge in [0.25, 0.3) is 0 Å². The summed E-state index contributed by atoms with van der Waals surface area (Å²) in [5.41, 5.74) is 3.49. The molecule has 1 saturated heterocycles. The summed E-state index contributed by atoms with van der Waals surface area (Å²) in [4.78, 5) is 21.7. The Morgan fingerprint density at radius 2 is 2.11 bits per heavy atom. The molecule has 1 aliphatic heterocycles. The average Bonchev–Trinajstić information content (AvgIpc) is 3.71. The average molecular weight is 472 g/mol. The number of pyridine rings is 2. The number of carbonyl (C=O) groups is 1. The monoisotopic (exact) mass is 471 g/mol. The number of nitrogens with zero attached hydrogens (tertiary/aromatic N) is 5. The van der Waals surface area contributed by atoms with E-state index in [0.29, 0.717) is 50.0 Å². The van der Waals surface area contributed by atoms with Crippen molar-refractivity contribution in [3.63, 3.8) is 0 Å². The number of piperazine rings is 1. The fourth-order valence-corrected chi connectivity index (χ4v) is 5.02. The second-order valence-corrected chi connectivity index (χ2v) is 9.42. The molecule has 8 heteroatoms. The van der Waals surface area contributed by atoms with Crippen LogP contribution in [0.1, 0.15) is 43.4 Å². The Balaban J connectivity index is 1.51. The molecule has 1 aliphatic carbocycles. The van der Waals surface area contributed by atoms with Crippen molar-refractivity contribution in [1.29, 1.82) is 5.26 Å². The van der Waals surface area contributed by atoms with Crippen LogP contribution < -0.4 is 9.63 Å². The number of hydrogen-bond acceptors (Lipinski definition) is 6. The Morgan fingerprint density at radius 3 is 2.83 bits per heavy atom. The lowest BCUT2D eigenvalue weighted by molar-refractivity contribution is -0.603. The molecule has 8 nitrogen and oxygen atoms in total. The fourth-order valence-electron chi connectivity index (χ4n) is 5.02. The van der Waals surface area contributed by atoms with Crippen LogP contribution in [0.25, 0.3) is 21.9 Å². The van der Waals surface area contributed by atoms with Crippen LogP contribution in [-0.4, -0.2) is 55.2 Å². The summed E-state index contributed by atoms with van der Waals surface area (Å²) >= 11 is 0. The number of carbonyl (C=O) groups excluding carboxylic acids is 1. The minimum Gasteiger partial charge on any atom is -0.619 e. The zero-order valence-electron chi connectivity index (χ0n) is 20.1. The summed E-state index contributed by atoms with van der Waals surface area (Å²) in [5.74, 6) is 1.16. The second-order valence-electron chi connectivity index (χ2n) is 9.42. The maximum atomic E-state index is 12.6. The number of aromatic nitrogens is 2. The molecule has 2 aromatic heterocycles. The van der Waals surface area contributed by atoms with E-state index in [4.69, 9.17) is 9.72 Å². The van der Waals surface area contributed by atoms with Gasteiger partial charge in [-0.25, -0.2) is 4.98 Å². The highest BCUT2D eigenvalue weighted by atomic mass is 16.5. The van der Waals surface area contributed by atoms with E-state index in [9.17, 15) is 15.3 Å². The fraction of sp³-hybridized carbons (Fsp3) is 0.407. The Bertz CT molecular complexity index is 1310. The molecule has 3 aromatic rings. The van der Waals surface area contributed by atoms with Crippen molar-refractivity contribution in [2.75, 3.05) is 38.3 Å². The van der Waals surface area contributed by atoms with Crippen LogP contribution in [0.5, 0.6) is 0 Å². The number of hydrogen-bond donors (Lipinski definition) is 0. The molecule has 2 fully saturated rings. The molecule has 2 aliphatic rings. The molecule has 1 atom stereocenters. The Labute approximate surface area is 204 Å². The van der Waals surface area contributed by atoms with Crippen LogP contribution in [0.4, 0.5) is 5.82 Å². The predicted octanol–water partition coefficient (Wildman–Crippen LogP) is 3.36. The highest BCUT2D eigenvalue weighted by Gasteiger charge is 2.33. The van der Waals surface area contributed by atoms with E-state index in [-0.39, 0.29) is 11.9 Å². The predicted molar refractivity (Wildman–Crippen MR) is 133 cm³/mol. The first kappa shape index (κ1) is 23.1. The number of methoxy groups -OCH3 is 1. The number of nitriles is 1. The summed E-state index contributed by atoms with van der Waals surface area (Å²) in [6.45, 7) is 4.31. The third-order valence-corrected chi connectivity index (χ3v) is 6.97. The number of amides is 1. The standard InChI is InChI=1S/C27H29N5O3/c1-18-16-30(11-12-32(18)25(33)9-13-35-2)27-21(15-28)14-24(26(29-27)19-6-7-19)23-5-3-4-20-17-31(34)10-8-22(20)23/h3-5,8,10,14,17-19H,6-7,9,11-13,16H2,1-2H3/t18-/m1/s1. The third-order valence-electron chi connectivity index (χ3n) is 6.97.